The number of carbonyl (C=O) groups excluding carboxylic acids is 1. The van der Waals surface area contributed by atoms with Crippen molar-refractivity contribution in [1.29, 1.82) is 0 Å². The van der Waals surface area contributed by atoms with E-state index >= 15 is 0 Å². The third-order valence-electron chi connectivity index (χ3n) is 4.45. The Kier molecular flexibility index (Phi) is 5.11. The molecule has 0 bridgehead atoms. The van der Waals surface area contributed by atoms with Gasteiger partial charge in [0.1, 0.15) is 6.61 Å². The number of carboxylic acids is 1. The van der Waals surface area contributed by atoms with Crippen LogP contribution in [0.25, 0.3) is 0 Å². The molecule has 26 heavy (non-hydrogen) atoms. The van der Waals surface area contributed by atoms with Gasteiger partial charge < -0.3 is 19.9 Å². The Morgan fingerprint density at radius 3 is 2.65 bits per heavy atom. The number of hydrogen-bond donors (Lipinski definition) is 2. The summed E-state index contributed by atoms with van der Waals surface area (Å²) in [5.74, 6) is -0.752. The molecule has 0 spiro atoms. The quantitative estimate of drug-likeness (QED) is 0.748. The van der Waals surface area contributed by atoms with Gasteiger partial charge in [0, 0.05) is 0 Å². The van der Waals surface area contributed by atoms with Crippen molar-refractivity contribution in [2.24, 2.45) is 5.92 Å². The van der Waals surface area contributed by atoms with Gasteiger partial charge in [-0.15, -0.1) is 0 Å². The highest BCUT2D eigenvalue weighted by atomic mass is 16.5. The highest BCUT2D eigenvalue weighted by Gasteiger charge is 2.53. The van der Waals surface area contributed by atoms with Crippen LogP contribution in [0.4, 0.5) is 4.79 Å². The van der Waals surface area contributed by atoms with Crippen molar-refractivity contribution in [2.45, 2.75) is 31.5 Å². The molecular formula is C18H21N3O5. The summed E-state index contributed by atoms with van der Waals surface area (Å²) in [4.78, 5) is 24.3. The molecule has 1 unspecified atom stereocenters. The summed E-state index contributed by atoms with van der Waals surface area (Å²) < 4.78 is 11.7. The first-order valence-corrected chi connectivity index (χ1v) is 8.32. The van der Waals surface area contributed by atoms with Crippen molar-refractivity contribution in [3.05, 3.63) is 48.3 Å². The van der Waals surface area contributed by atoms with E-state index in [1.54, 1.807) is 6.20 Å². The predicted molar refractivity (Wildman–Crippen MR) is 91.6 cm³/mol. The maximum absolute atomic E-state index is 12.3. The van der Waals surface area contributed by atoms with E-state index in [1.807, 2.05) is 30.3 Å². The topological polar surface area (TPSA) is 103 Å². The van der Waals surface area contributed by atoms with Gasteiger partial charge in [0.2, 0.25) is 0 Å². The Hall–Kier alpha value is -3.03. The largest absolute Gasteiger partial charge is 0.493 e. The zero-order valence-electron chi connectivity index (χ0n) is 14.4. The normalized spacial score (nSPS) is 15.7. The zero-order chi connectivity index (χ0) is 18.6. The standard InChI is InChI=1S/C18H21N3O5/c1-25-15-9-19-21(10-15)12-18(16(22)23,14-7-8-14)20-17(24)26-11-13-5-3-2-4-6-13/h2-6,9-10,14H,7-8,11-12H2,1H3,(H,20,24)(H,22,23). The first kappa shape index (κ1) is 17.8. The van der Waals surface area contributed by atoms with E-state index in [9.17, 15) is 14.7 Å². The van der Waals surface area contributed by atoms with Crippen LogP contribution in [0.5, 0.6) is 5.75 Å². The maximum Gasteiger partial charge on any atom is 0.408 e. The minimum Gasteiger partial charge on any atom is -0.493 e. The lowest BCUT2D eigenvalue weighted by atomic mass is 9.93. The van der Waals surface area contributed by atoms with E-state index in [4.69, 9.17) is 9.47 Å². The summed E-state index contributed by atoms with van der Waals surface area (Å²) >= 11 is 0. The lowest BCUT2D eigenvalue weighted by Gasteiger charge is -2.30. The molecule has 8 heteroatoms. The van der Waals surface area contributed by atoms with Crippen molar-refractivity contribution < 1.29 is 24.2 Å². The summed E-state index contributed by atoms with van der Waals surface area (Å²) in [7, 11) is 1.51. The molecule has 8 nitrogen and oxygen atoms in total. The lowest BCUT2D eigenvalue weighted by Crippen LogP contribution is -2.59. The van der Waals surface area contributed by atoms with Crippen LogP contribution in [0.2, 0.25) is 0 Å². The van der Waals surface area contributed by atoms with Gasteiger partial charge >= 0.3 is 12.1 Å². The van der Waals surface area contributed by atoms with Gasteiger partial charge in [-0.1, -0.05) is 30.3 Å². The first-order chi connectivity index (χ1) is 12.5. The number of rotatable bonds is 8. The fourth-order valence-corrected chi connectivity index (χ4v) is 2.88. The van der Waals surface area contributed by atoms with Crippen LogP contribution in [0, 0.1) is 5.92 Å². The fraction of sp³-hybridized carbons (Fsp3) is 0.389. The number of aliphatic carboxylic acids is 1. The second-order valence-electron chi connectivity index (χ2n) is 6.32. The van der Waals surface area contributed by atoms with Crippen LogP contribution < -0.4 is 10.1 Å². The second-order valence-corrected chi connectivity index (χ2v) is 6.32. The molecule has 138 valence electrons. The molecule has 1 amide bonds. The smallest absolute Gasteiger partial charge is 0.408 e. The fourth-order valence-electron chi connectivity index (χ4n) is 2.88. The Bertz CT molecular complexity index is 772. The molecule has 1 aliphatic rings. The lowest BCUT2D eigenvalue weighted by molar-refractivity contribution is -0.146. The summed E-state index contributed by atoms with van der Waals surface area (Å²) in [6, 6.07) is 9.20. The monoisotopic (exact) mass is 359 g/mol. The van der Waals surface area contributed by atoms with Crippen LogP contribution in [0.1, 0.15) is 18.4 Å². The molecule has 1 atom stereocenters. The van der Waals surface area contributed by atoms with E-state index < -0.39 is 17.6 Å². The molecule has 1 saturated carbocycles. The zero-order valence-corrected chi connectivity index (χ0v) is 14.4. The maximum atomic E-state index is 12.3. The predicted octanol–water partition coefficient (Wildman–Crippen LogP) is 2.05. The number of carboxylic acid groups (broad SMARTS) is 1. The molecule has 2 N–H and O–H groups in total. The number of amides is 1. The minimum absolute atomic E-state index is 0.00318. The molecular weight excluding hydrogens is 338 g/mol. The number of aromatic nitrogens is 2. The SMILES string of the molecule is COc1cnn(CC(NC(=O)OCc2ccccc2)(C(=O)O)C2CC2)c1. The third-order valence-corrected chi connectivity index (χ3v) is 4.45. The van der Waals surface area contributed by atoms with Gasteiger partial charge in [0.25, 0.3) is 0 Å². The molecule has 0 radical (unpaired) electrons. The van der Waals surface area contributed by atoms with Crippen LogP contribution in [0.15, 0.2) is 42.7 Å². The van der Waals surface area contributed by atoms with Gasteiger partial charge in [-0.25, -0.2) is 9.59 Å². The van der Waals surface area contributed by atoms with Crippen LogP contribution in [-0.2, 0) is 22.7 Å². The van der Waals surface area contributed by atoms with Crippen molar-refractivity contribution in [2.75, 3.05) is 7.11 Å². The van der Waals surface area contributed by atoms with Gasteiger partial charge in [0.15, 0.2) is 11.3 Å². The van der Waals surface area contributed by atoms with E-state index in [-0.39, 0.29) is 19.1 Å². The van der Waals surface area contributed by atoms with Gasteiger partial charge in [-0.3, -0.25) is 4.68 Å². The first-order valence-electron chi connectivity index (χ1n) is 8.32. The number of nitrogens with zero attached hydrogens (tertiary/aromatic N) is 2. The highest BCUT2D eigenvalue weighted by molar-refractivity contribution is 5.85. The Balaban J connectivity index is 1.71. The van der Waals surface area contributed by atoms with Gasteiger partial charge in [-0.2, -0.15) is 5.10 Å². The van der Waals surface area contributed by atoms with E-state index in [1.165, 1.54) is 18.0 Å². The molecule has 1 aliphatic carbocycles. The Labute approximate surface area is 150 Å². The highest BCUT2D eigenvalue weighted by Crippen LogP contribution is 2.41. The molecule has 1 aromatic carbocycles. The molecule has 1 aromatic heterocycles. The summed E-state index contributed by atoms with van der Waals surface area (Å²) in [5.41, 5.74) is -0.642. The molecule has 0 aliphatic heterocycles. The number of nitrogens with one attached hydrogen (secondary N) is 1. The molecule has 0 saturated heterocycles. The summed E-state index contributed by atoms with van der Waals surface area (Å²) in [6.45, 7) is 0.0689. The van der Waals surface area contributed by atoms with Crippen molar-refractivity contribution in [3.63, 3.8) is 0 Å². The Morgan fingerprint density at radius 2 is 2.08 bits per heavy atom. The van der Waals surface area contributed by atoms with E-state index in [0.29, 0.717) is 5.75 Å². The van der Waals surface area contributed by atoms with E-state index in [2.05, 4.69) is 10.4 Å². The number of methoxy groups -OCH3 is 1. The van der Waals surface area contributed by atoms with Gasteiger partial charge in [0.05, 0.1) is 26.0 Å². The average Bonchev–Trinajstić information content (AvgIpc) is 3.40. The van der Waals surface area contributed by atoms with Crippen molar-refractivity contribution in [1.82, 2.24) is 15.1 Å². The minimum atomic E-state index is -1.47. The van der Waals surface area contributed by atoms with Crippen molar-refractivity contribution >= 4 is 12.1 Å². The molecule has 2 aromatic rings. The van der Waals surface area contributed by atoms with Crippen LogP contribution in [-0.4, -0.2) is 39.6 Å². The second kappa shape index (κ2) is 7.47. The number of ether oxygens (including phenoxy) is 2. The summed E-state index contributed by atoms with van der Waals surface area (Å²) in [5, 5.41) is 16.5. The number of benzene rings is 1. The van der Waals surface area contributed by atoms with Gasteiger partial charge in [-0.05, 0) is 24.3 Å². The molecule has 3 rings (SSSR count). The van der Waals surface area contributed by atoms with Crippen LogP contribution in [0.3, 0.4) is 0 Å². The van der Waals surface area contributed by atoms with Crippen LogP contribution >= 0.6 is 0 Å². The van der Waals surface area contributed by atoms with Crippen molar-refractivity contribution in [3.8, 4) is 5.75 Å². The molecule has 1 fully saturated rings. The average molecular weight is 359 g/mol. The number of carbonyl (C=O) groups is 2. The Morgan fingerprint density at radius 1 is 1.35 bits per heavy atom. The third kappa shape index (κ3) is 3.96. The number of alkyl carbamates (subject to hydrolysis) is 1. The molecule has 1 heterocycles. The number of hydrogen-bond acceptors (Lipinski definition) is 5. The summed E-state index contributed by atoms with van der Waals surface area (Å²) in [6.07, 6.45) is 3.78. The van der Waals surface area contributed by atoms with E-state index in [0.717, 1.165) is 18.4 Å².